The minimum atomic E-state index is -3.89. The molecular weight excluding hydrogens is 372 g/mol. The van der Waals surface area contributed by atoms with E-state index in [4.69, 9.17) is 0 Å². The molecule has 1 aliphatic rings. The first kappa shape index (κ1) is 21.3. The van der Waals surface area contributed by atoms with E-state index >= 15 is 0 Å². The smallest absolute Gasteiger partial charge is 0.337 e. The number of esters is 2. The van der Waals surface area contributed by atoms with E-state index in [2.05, 4.69) is 19.1 Å². The number of hydrogen-bond donors (Lipinski definition) is 1. The predicted molar refractivity (Wildman–Crippen MR) is 99.2 cm³/mol. The second kappa shape index (κ2) is 9.82. The second-order valence-electron chi connectivity index (χ2n) is 6.38. The van der Waals surface area contributed by atoms with Crippen LogP contribution in [0.4, 0.5) is 0 Å². The number of nitrogens with one attached hydrogen (secondary N) is 1. The Morgan fingerprint density at radius 3 is 1.96 bits per heavy atom. The Balaban J connectivity index is 2.15. The summed E-state index contributed by atoms with van der Waals surface area (Å²) >= 11 is 0. The van der Waals surface area contributed by atoms with E-state index in [9.17, 15) is 18.0 Å². The van der Waals surface area contributed by atoms with Crippen molar-refractivity contribution in [1.29, 1.82) is 0 Å². The Morgan fingerprint density at radius 1 is 0.963 bits per heavy atom. The molecule has 8 nitrogen and oxygen atoms in total. The molecule has 0 saturated carbocycles. The van der Waals surface area contributed by atoms with Gasteiger partial charge in [0.15, 0.2) is 0 Å². The largest absolute Gasteiger partial charge is 0.465 e. The third kappa shape index (κ3) is 6.02. The minimum Gasteiger partial charge on any atom is -0.465 e. The third-order valence-corrected chi connectivity index (χ3v) is 5.92. The number of ether oxygens (including phenoxy) is 2. The van der Waals surface area contributed by atoms with Gasteiger partial charge < -0.3 is 14.4 Å². The van der Waals surface area contributed by atoms with Crippen LogP contribution in [0.1, 0.15) is 46.4 Å². The van der Waals surface area contributed by atoms with Crippen molar-refractivity contribution < 1.29 is 27.5 Å². The summed E-state index contributed by atoms with van der Waals surface area (Å²) in [5.74, 6) is -1.47. The van der Waals surface area contributed by atoms with Crippen molar-refractivity contribution in [2.24, 2.45) is 0 Å². The highest BCUT2D eigenvalue weighted by molar-refractivity contribution is 7.89. The van der Waals surface area contributed by atoms with Gasteiger partial charge in [0.05, 0.1) is 30.2 Å². The van der Waals surface area contributed by atoms with Crippen LogP contribution in [0, 0.1) is 0 Å². The minimum absolute atomic E-state index is 0.0340. The number of hydrogen-bond acceptors (Lipinski definition) is 7. The molecule has 0 aromatic heterocycles. The van der Waals surface area contributed by atoms with Crippen LogP contribution in [0.15, 0.2) is 23.1 Å². The SMILES string of the molecule is COC(=O)c1cc(C(=O)OC)cc(S(=O)(=O)NCCN2CCCCCC2)c1. The van der Waals surface area contributed by atoms with Gasteiger partial charge in [0.25, 0.3) is 0 Å². The van der Waals surface area contributed by atoms with Crippen LogP contribution in [0.3, 0.4) is 0 Å². The zero-order chi connectivity index (χ0) is 19.9. The number of nitrogens with zero attached hydrogens (tertiary/aromatic N) is 1. The molecule has 1 aromatic rings. The molecule has 0 unspecified atom stereocenters. The number of likely N-dealkylation sites (tertiary alicyclic amines) is 1. The maximum absolute atomic E-state index is 12.6. The first-order chi connectivity index (χ1) is 12.9. The summed E-state index contributed by atoms with van der Waals surface area (Å²) in [5.41, 5.74) is -0.0680. The van der Waals surface area contributed by atoms with Crippen molar-refractivity contribution >= 4 is 22.0 Å². The molecule has 150 valence electrons. The van der Waals surface area contributed by atoms with Crippen molar-refractivity contribution in [3.05, 3.63) is 29.3 Å². The maximum Gasteiger partial charge on any atom is 0.337 e. The highest BCUT2D eigenvalue weighted by Crippen LogP contribution is 2.17. The molecule has 0 amide bonds. The molecule has 0 bridgehead atoms. The second-order valence-corrected chi connectivity index (χ2v) is 8.15. The van der Waals surface area contributed by atoms with Crippen LogP contribution in [0.25, 0.3) is 0 Å². The van der Waals surface area contributed by atoms with Gasteiger partial charge in [-0.2, -0.15) is 0 Å². The van der Waals surface area contributed by atoms with Crippen LogP contribution < -0.4 is 4.72 Å². The quantitative estimate of drug-likeness (QED) is 0.693. The molecule has 0 spiro atoms. The van der Waals surface area contributed by atoms with E-state index in [1.165, 1.54) is 45.3 Å². The number of benzene rings is 1. The summed E-state index contributed by atoms with van der Waals surface area (Å²) in [6, 6.07) is 3.62. The molecule has 0 radical (unpaired) electrons. The Hall–Kier alpha value is -1.97. The topological polar surface area (TPSA) is 102 Å². The van der Waals surface area contributed by atoms with Gasteiger partial charge in [-0.05, 0) is 44.1 Å². The van der Waals surface area contributed by atoms with Crippen molar-refractivity contribution in [2.45, 2.75) is 30.6 Å². The lowest BCUT2D eigenvalue weighted by molar-refractivity contribution is 0.0598. The van der Waals surface area contributed by atoms with E-state index in [0.29, 0.717) is 6.54 Å². The van der Waals surface area contributed by atoms with Gasteiger partial charge in [0, 0.05) is 13.1 Å². The molecule has 1 aliphatic heterocycles. The van der Waals surface area contributed by atoms with E-state index < -0.39 is 22.0 Å². The maximum atomic E-state index is 12.6. The number of rotatable bonds is 7. The van der Waals surface area contributed by atoms with Gasteiger partial charge >= 0.3 is 11.9 Å². The molecule has 27 heavy (non-hydrogen) atoms. The standard InChI is InChI=1S/C18H26N2O6S/c1-25-17(21)14-11-15(18(22)26-2)13-16(12-14)27(23,24)19-7-10-20-8-5-3-4-6-9-20/h11-13,19H,3-10H2,1-2H3. The van der Waals surface area contributed by atoms with Crippen LogP contribution in [0.2, 0.25) is 0 Å². The fraction of sp³-hybridized carbons (Fsp3) is 0.556. The Morgan fingerprint density at radius 2 is 1.48 bits per heavy atom. The molecular formula is C18H26N2O6S. The van der Waals surface area contributed by atoms with Gasteiger partial charge in [-0.1, -0.05) is 12.8 Å². The Bertz CT molecular complexity index is 736. The van der Waals surface area contributed by atoms with Crippen molar-refractivity contribution in [2.75, 3.05) is 40.4 Å². The van der Waals surface area contributed by atoms with Crippen molar-refractivity contribution in [3.63, 3.8) is 0 Å². The first-order valence-electron chi connectivity index (χ1n) is 8.91. The van der Waals surface area contributed by atoms with Crippen molar-refractivity contribution in [3.8, 4) is 0 Å². The summed E-state index contributed by atoms with van der Waals surface area (Å²) in [6.07, 6.45) is 4.66. The summed E-state index contributed by atoms with van der Waals surface area (Å²) < 4.78 is 37.1. The van der Waals surface area contributed by atoms with Gasteiger partial charge in [0.2, 0.25) is 10.0 Å². The summed E-state index contributed by atoms with van der Waals surface area (Å²) in [6.45, 7) is 2.79. The molecule has 1 fully saturated rings. The van der Waals surface area contributed by atoms with E-state index in [1.54, 1.807) is 0 Å². The van der Waals surface area contributed by atoms with Gasteiger partial charge in [-0.15, -0.1) is 0 Å². The summed E-state index contributed by atoms with van der Waals surface area (Å²) in [7, 11) is -1.53. The first-order valence-corrected chi connectivity index (χ1v) is 10.4. The average molecular weight is 398 g/mol. The highest BCUT2D eigenvalue weighted by Gasteiger charge is 2.21. The molecule has 2 rings (SSSR count). The van der Waals surface area contributed by atoms with E-state index in [0.717, 1.165) is 25.9 Å². The zero-order valence-corrected chi connectivity index (χ0v) is 16.5. The molecule has 1 heterocycles. The van der Waals surface area contributed by atoms with Crippen molar-refractivity contribution in [1.82, 2.24) is 9.62 Å². The van der Waals surface area contributed by atoms with Gasteiger partial charge in [0.1, 0.15) is 0 Å². The van der Waals surface area contributed by atoms with Crippen LogP contribution >= 0.6 is 0 Å². The Kier molecular flexibility index (Phi) is 7.76. The molecule has 1 saturated heterocycles. The molecule has 1 aromatic carbocycles. The lowest BCUT2D eigenvalue weighted by atomic mass is 10.1. The van der Waals surface area contributed by atoms with Gasteiger partial charge in [-0.25, -0.2) is 22.7 Å². The third-order valence-electron chi connectivity index (χ3n) is 4.48. The molecule has 1 N–H and O–H groups in total. The fourth-order valence-electron chi connectivity index (χ4n) is 3.01. The number of carbonyl (C=O) groups excluding carboxylic acids is 2. The number of carbonyl (C=O) groups is 2. The van der Waals surface area contributed by atoms with E-state index in [1.807, 2.05) is 0 Å². The van der Waals surface area contributed by atoms with Crippen LogP contribution in [-0.4, -0.2) is 65.7 Å². The normalized spacial score (nSPS) is 15.8. The molecule has 0 aliphatic carbocycles. The highest BCUT2D eigenvalue weighted by atomic mass is 32.2. The molecule has 9 heteroatoms. The lowest BCUT2D eigenvalue weighted by Gasteiger charge is -2.19. The fourth-order valence-corrected chi connectivity index (χ4v) is 4.10. The average Bonchev–Trinajstić information content (AvgIpc) is 2.95. The lowest BCUT2D eigenvalue weighted by Crippen LogP contribution is -2.35. The van der Waals surface area contributed by atoms with Crippen LogP contribution in [-0.2, 0) is 19.5 Å². The van der Waals surface area contributed by atoms with Gasteiger partial charge in [-0.3, -0.25) is 0 Å². The van der Waals surface area contributed by atoms with Crippen LogP contribution in [0.5, 0.6) is 0 Å². The predicted octanol–water partition coefficient (Wildman–Crippen LogP) is 1.41. The molecule has 0 atom stereocenters. The monoisotopic (exact) mass is 398 g/mol. The Labute approximate surface area is 159 Å². The number of methoxy groups -OCH3 is 2. The van der Waals surface area contributed by atoms with E-state index in [-0.39, 0.29) is 22.6 Å². The number of sulfonamides is 1. The summed E-state index contributed by atoms with van der Waals surface area (Å²) in [4.78, 5) is 25.7. The summed E-state index contributed by atoms with van der Waals surface area (Å²) in [5, 5.41) is 0. The zero-order valence-electron chi connectivity index (χ0n) is 15.7.